The molecule has 1 fully saturated rings. The molecule has 108 valence electrons. The molecule has 0 radical (unpaired) electrons. The predicted octanol–water partition coefficient (Wildman–Crippen LogP) is 1.18. The monoisotopic (exact) mass is 278 g/mol. The number of hydrogen-bond acceptors (Lipinski definition) is 3. The number of hydrogen-bond donors (Lipinski definition) is 3. The maximum Gasteiger partial charge on any atom is 0.223 e. The molecule has 1 aliphatic heterocycles. The van der Waals surface area contributed by atoms with Gasteiger partial charge in [-0.2, -0.15) is 0 Å². The van der Waals surface area contributed by atoms with E-state index in [0.717, 1.165) is 25.9 Å². The number of amides is 1. The van der Waals surface area contributed by atoms with Crippen molar-refractivity contribution in [1.29, 1.82) is 0 Å². The van der Waals surface area contributed by atoms with Crippen LogP contribution < -0.4 is 10.6 Å². The van der Waals surface area contributed by atoms with Crippen molar-refractivity contribution in [2.24, 2.45) is 17.8 Å². The highest BCUT2D eigenvalue weighted by Gasteiger charge is 2.29. The van der Waals surface area contributed by atoms with Crippen LogP contribution >= 0.6 is 12.4 Å². The van der Waals surface area contributed by atoms with E-state index >= 15 is 0 Å². The minimum Gasteiger partial charge on any atom is -0.391 e. The highest BCUT2D eigenvalue weighted by molar-refractivity contribution is 5.85. The summed E-state index contributed by atoms with van der Waals surface area (Å²) in [5, 5.41) is 16.0. The number of carbonyl (C=O) groups excluding carboxylic acids is 1. The van der Waals surface area contributed by atoms with Crippen molar-refractivity contribution in [2.75, 3.05) is 19.6 Å². The van der Waals surface area contributed by atoms with Gasteiger partial charge in [-0.3, -0.25) is 4.79 Å². The lowest BCUT2D eigenvalue weighted by Crippen LogP contribution is -2.50. The summed E-state index contributed by atoms with van der Waals surface area (Å²) in [5.41, 5.74) is 0. The summed E-state index contributed by atoms with van der Waals surface area (Å²) in [5.74, 6) is 0.864. The number of nitrogens with one attached hydrogen (secondary N) is 2. The smallest absolute Gasteiger partial charge is 0.223 e. The van der Waals surface area contributed by atoms with Gasteiger partial charge in [0, 0.05) is 12.5 Å². The van der Waals surface area contributed by atoms with Gasteiger partial charge in [-0.25, -0.2) is 0 Å². The molecule has 0 aromatic rings. The van der Waals surface area contributed by atoms with Crippen molar-refractivity contribution in [3.63, 3.8) is 0 Å². The van der Waals surface area contributed by atoms with Gasteiger partial charge in [0.1, 0.15) is 0 Å². The van der Waals surface area contributed by atoms with Crippen LogP contribution in [-0.4, -0.2) is 36.8 Å². The average molecular weight is 279 g/mol. The van der Waals surface area contributed by atoms with Gasteiger partial charge < -0.3 is 15.7 Å². The van der Waals surface area contributed by atoms with Crippen LogP contribution in [0.5, 0.6) is 0 Å². The largest absolute Gasteiger partial charge is 0.391 e. The second-order valence-corrected chi connectivity index (χ2v) is 5.10. The lowest BCUT2D eigenvalue weighted by Gasteiger charge is -2.32. The van der Waals surface area contributed by atoms with Crippen molar-refractivity contribution in [3.8, 4) is 0 Å². The Balaban J connectivity index is 0.00000289. The Morgan fingerprint density at radius 1 is 1.39 bits per heavy atom. The molecule has 0 aliphatic carbocycles. The third-order valence-electron chi connectivity index (χ3n) is 4.01. The van der Waals surface area contributed by atoms with Crippen LogP contribution in [0.25, 0.3) is 0 Å². The van der Waals surface area contributed by atoms with Gasteiger partial charge in [0.15, 0.2) is 0 Å². The van der Waals surface area contributed by atoms with Gasteiger partial charge in [0.05, 0.1) is 6.10 Å². The van der Waals surface area contributed by atoms with E-state index in [9.17, 15) is 9.90 Å². The van der Waals surface area contributed by atoms with Crippen molar-refractivity contribution in [2.45, 2.75) is 39.7 Å². The molecule has 1 heterocycles. The summed E-state index contributed by atoms with van der Waals surface area (Å²) in [6.07, 6.45) is 1.49. The van der Waals surface area contributed by atoms with E-state index in [-0.39, 0.29) is 30.2 Å². The molecule has 1 amide bonds. The zero-order valence-corrected chi connectivity index (χ0v) is 12.4. The lowest BCUT2D eigenvalue weighted by atomic mass is 9.88. The standard InChI is InChI=1S/C13H26N2O2.ClH/c1-4-10(5-2)12(16)8-15-13(17)9(3)11-6-14-7-11;/h9-12,14,16H,4-8H2,1-3H3,(H,15,17);1H. The first-order valence-corrected chi connectivity index (χ1v) is 6.76. The molecule has 18 heavy (non-hydrogen) atoms. The van der Waals surface area contributed by atoms with Crippen molar-refractivity contribution < 1.29 is 9.90 Å². The van der Waals surface area contributed by atoms with Crippen LogP contribution in [0.1, 0.15) is 33.6 Å². The van der Waals surface area contributed by atoms with E-state index in [1.807, 2.05) is 6.92 Å². The molecule has 2 unspecified atom stereocenters. The second kappa shape index (κ2) is 8.73. The van der Waals surface area contributed by atoms with Crippen molar-refractivity contribution in [1.82, 2.24) is 10.6 Å². The van der Waals surface area contributed by atoms with Crippen LogP contribution in [0.4, 0.5) is 0 Å². The highest BCUT2D eigenvalue weighted by Crippen LogP contribution is 2.16. The maximum atomic E-state index is 11.8. The molecule has 0 saturated carbocycles. The number of aliphatic hydroxyl groups excluding tert-OH is 1. The summed E-state index contributed by atoms with van der Waals surface area (Å²) in [6, 6.07) is 0. The third-order valence-corrected chi connectivity index (χ3v) is 4.01. The first kappa shape index (κ1) is 17.7. The van der Waals surface area contributed by atoms with Gasteiger partial charge in [-0.1, -0.05) is 33.6 Å². The Morgan fingerprint density at radius 3 is 2.33 bits per heavy atom. The van der Waals surface area contributed by atoms with Gasteiger partial charge in [-0.05, 0) is 24.9 Å². The Labute approximate surface area is 116 Å². The van der Waals surface area contributed by atoms with Crippen LogP contribution in [0.2, 0.25) is 0 Å². The van der Waals surface area contributed by atoms with Crippen LogP contribution in [-0.2, 0) is 4.79 Å². The number of carbonyl (C=O) groups is 1. The molecule has 0 spiro atoms. The van der Waals surface area contributed by atoms with Crippen LogP contribution in [0.3, 0.4) is 0 Å². The summed E-state index contributed by atoms with van der Waals surface area (Å²) < 4.78 is 0. The van der Waals surface area contributed by atoms with E-state index < -0.39 is 6.10 Å². The van der Waals surface area contributed by atoms with E-state index in [1.165, 1.54) is 0 Å². The minimum atomic E-state index is -0.416. The van der Waals surface area contributed by atoms with Gasteiger partial charge in [-0.15, -0.1) is 12.4 Å². The zero-order chi connectivity index (χ0) is 12.8. The second-order valence-electron chi connectivity index (χ2n) is 5.10. The Bertz CT molecular complexity index is 243. The molecule has 2 atom stereocenters. The molecule has 5 heteroatoms. The van der Waals surface area contributed by atoms with Crippen molar-refractivity contribution >= 4 is 18.3 Å². The minimum absolute atomic E-state index is 0. The van der Waals surface area contributed by atoms with E-state index in [0.29, 0.717) is 12.5 Å². The fourth-order valence-corrected chi connectivity index (χ4v) is 2.24. The fraction of sp³-hybridized carbons (Fsp3) is 0.923. The average Bonchev–Trinajstić information content (AvgIpc) is 2.25. The topological polar surface area (TPSA) is 61.4 Å². The molecule has 0 aromatic heterocycles. The molecule has 1 saturated heterocycles. The van der Waals surface area contributed by atoms with Crippen LogP contribution in [0.15, 0.2) is 0 Å². The Hall–Kier alpha value is -0.320. The summed E-state index contributed by atoms with van der Waals surface area (Å²) >= 11 is 0. The Morgan fingerprint density at radius 2 is 1.94 bits per heavy atom. The third kappa shape index (κ3) is 4.75. The maximum absolute atomic E-state index is 11.8. The highest BCUT2D eigenvalue weighted by atomic mass is 35.5. The molecule has 0 bridgehead atoms. The van der Waals surface area contributed by atoms with Crippen molar-refractivity contribution in [3.05, 3.63) is 0 Å². The van der Waals surface area contributed by atoms with E-state index in [4.69, 9.17) is 0 Å². The summed E-state index contributed by atoms with van der Waals surface area (Å²) in [4.78, 5) is 11.8. The Kier molecular flexibility index (Phi) is 8.57. The van der Waals surface area contributed by atoms with Gasteiger partial charge >= 0.3 is 0 Å². The zero-order valence-electron chi connectivity index (χ0n) is 11.6. The number of aliphatic hydroxyl groups is 1. The van der Waals surface area contributed by atoms with Crippen LogP contribution in [0, 0.1) is 17.8 Å². The molecule has 4 nitrogen and oxygen atoms in total. The predicted molar refractivity (Wildman–Crippen MR) is 75.9 cm³/mol. The first-order chi connectivity index (χ1) is 8.10. The van der Waals surface area contributed by atoms with E-state index in [2.05, 4.69) is 24.5 Å². The number of rotatable bonds is 7. The molecule has 1 aliphatic rings. The quantitative estimate of drug-likeness (QED) is 0.655. The number of halogens is 1. The molecule has 3 N–H and O–H groups in total. The van der Waals surface area contributed by atoms with Gasteiger partial charge in [0.25, 0.3) is 0 Å². The summed E-state index contributed by atoms with van der Waals surface area (Å²) in [7, 11) is 0. The molecular weight excluding hydrogens is 252 g/mol. The fourth-order valence-electron chi connectivity index (χ4n) is 2.24. The lowest BCUT2D eigenvalue weighted by molar-refractivity contribution is -0.127. The SMILES string of the molecule is CCC(CC)C(O)CNC(=O)C(C)C1CNC1.Cl. The molecular formula is C13H27ClN2O2. The normalized spacial score (nSPS) is 18.7. The van der Waals surface area contributed by atoms with Gasteiger partial charge in [0.2, 0.25) is 5.91 Å². The van der Waals surface area contributed by atoms with E-state index in [1.54, 1.807) is 0 Å². The summed E-state index contributed by atoms with van der Waals surface area (Å²) in [6.45, 7) is 8.36. The molecule has 0 aromatic carbocycles. The molecule has 1 rings (SSSR count). The first-order valence-electron chi connectivity index (χ1n) is 6.76.